The fraction of sp³-hybridized carbons (Fsp3) is 0.571. The number of hydrogen-bond acceptors (Lipinski definition) is 2. The van der Waals surface area contributed by atoms with Gasteiger partial charge in [0.05, 0.1) is 0 Å². The maximum atomic E-state index is 6.07. The maximum Gasteiger partial charge on any atom is 0.0410 e. The molecule has 0 bridgehead atoms. The summed E-state index contributed by atoms with van der Waals surface area (Å²) in [5.41, 5.74) is 2.61. The van der Waals surface area contributed by atoms with Crippen LogP contribution in [0.25, 0.3) is 0 Å². The van der Waals surface area contributed by atoms with Crippen molar-refractivity contribution in [2.75, 3.05) is 18.5 Å². The van der Waals surface area contributed by atoms with Crippen molar-refractivity contribution in [3.05, 3.63) is 28.8 Å². The minimum atomic E-state index is 0.115. The van der Waals surface area contributed by atoms with E-state index in [1.165, 1.54) is 11.3 Å². The van der Waals surface area contributed by atoms with E-state index in [9.17, 15) is 0 Å². The van der Waals surface area contributed by atoms with E-state index in [2.05, 4.69) is 51.0 Å². The van der Waals surface area contributed by atoms with Crippen LogP contribution in [0.4, 0.5) is 5.69 Å². The Morgan fingerprint density at radius 3 is 2.47 bits per heavy atom. The summed E-state index contributed by atoms with van der Waals surface area (Å²) in [4.78, 5) is 2.23. The van der Waals surface area contributed by atoms with E-state index in [1.54, 1.807) is 0 Å². The summed E-state index contributed by atoms with van der Waals surface area (Å²) in [6.45, 7) is 10.5. The van der Waals surface area contributed by atoms with Crippen molar-refractivity contribution in [2.24, 2.45) is 0 Å². The summed E-state index contributed by atoms with van der Waals surface area (Å²) in [6.07, 6.45) is 0. The molecule has 96 valence electrons. The molecule has 0 aromatic heterocycles. The highest BCUT2D eigenvalue weighted by Gasteiger charge is 2.12. The molecule has 0 heterocycles. The number of rotatable bonds is 4. The standard InChI is InChI=1S/C14H23ClN2/c1-6-17(5)13-8-7-12(15)9-11(13)10-16-14(2,3)4/h7-9,16H,6,10H2,1-5H3. The van der Waals surface area contributed by atoms with Gasteiger partial charge in [-0.3, -0.25) is 0 Å². The van der Waals surface area contributed by atoms with Crippen molar-refractivity contribution in [1.82, 2.24) is 5.32 Å². The lowest BCUT2D eigenvalue weighted by atomic mass is 10.1. The van der Waals surface area contributed by atoms with Crippen molar-refractivity contribution in [2.45, 2.75) is 39.8 Å². The van der Waals surface area contributed by atoms with Crippen LogP contribution in [0.1, 0.15) is 33.3 Å². The normalized spacial score (nSPS) is 11.6. The molecule has 0 amide bonds. The molecule has 0 spiro atoms. The average molecular weight is 255 g/mol. The van der Waals surface area contributed by atoms with Crippen LogP contribution in [-0.2, 0) is 6.54 Å². The predicted molar refractivity (Wildman–Crippen MR) is 77.0 cm³/mol. The van der Waals surface area contributed by atoms with Crippen LogP contribution in [-0.4, -0.2) is 19.1 Å². The Labute approximate surface area is 110 Å². The van der Waals surface area contributed by atoms with E-state index >= 15 is 0 Å². The molecule has 0 aliphatic rings. The van der Waals surface area contributed by atoms with Gasteiger partial charge in [0.2, 0.25) is 0 Å². The Morgan fingerprint density at radius 1 is 1.29 bits per heavy atom. The first kappa shape index (κ1) is 14.3. The minimum absolute atomic E-state index is 0.115. The SMILES string of the molecule is CCN(C)c1ccc(Cl)cc1CNC(C)(C)C. The summed E-state index contributed by atoms with van der Waals surface area (Å²) in [7, 11) is 2.10. The molecule has 17 heavy (non-hydrogen) atoms. The fourth-order valence-corrected chi connectivity index (χ4v) is 1.79. The van der Waals surface area contributed by atoms with E-state index in [4.69, 9.17) is 11.6 Å². The second kappa shape index (κ2) is 5.74. The summed E-state index contributed by atoms with van der Waals surface area (Å²) < 4.78 is 0. The van der Waals surface area contributed by atoms with Gasteiger partial charge in [0, 0.05) is 36.4 Å². The topological polar surface area (TPSA) is 15.3 Å². The van der Waals surface area contributed by atoms with Crippen LogP contribution in [0, 0.1) is 0 Å². The summed E-state index contributed by atoms with van der Waals surface area (Å²) in [6, 6.07) is 6.08. The van der Waals surface area contributed by atoms with Gasteiger partial charge < -0.3 is 10.2 Å². The molecular weight excluding hydrogens is 232 g/mol. The van der Waals surface area contributed by atoms with Crippen LogP contribution >= 0.6 is 11.6 Å². The number of benzene rings is 1. The van der Waals surface area contributed by atoms with E-state index in [0.717, 1.165) is 18.1 Å². The van der Waals surface area contributed by atoms with Crippen molar-refractivity contribution >= 4 is 17.3 Å². The first-order valence-corrected chi connectivity index (χ1v) is 6.46. The highest BCUT2D eigenvalue weighted by Crippen LogP contribution is 2.24. The van der Waals surface area contributed by atoms with E-state index in [-0.39, 0.29) is 5.54 Å². The highest BCUT2D eigenvalue weighted by molar-refractivity contribution is 6.30. The van der Waals surface area contributed by atoms with Crippen molar-refractivity contribution in [3.8, 4) is 0 Å². The molecule has 1 aromatic rings. The van der Waals surface area contributed by atoms with Crippen molar-refractivity contribution in [3.63, 3.8) is 0 Å². The number of nitrogens with zero attached hydrogens (tertiary/aromatic N) is 1. The summed E-state index contributed by atoms with van der Waals surface area (Å²) in [5, 5.41) is 4.29. The van der Waals surface area contributed by atoms with Gasteiger partial charge >= 0.3 is 0 Å². The second-order valence-electron chi connectivity index (χ2n) is 5.39. The summed E-state index contributed by atoms with van der Waals surface area (Å²) in [5.74, 6) is 0. The van der Waals surface area contributed by atoms with Gasteiger partial charge in [-0.1, -0.05) is 11.6 Å². The molecule has 1 aromatic carbocycles. The van der Waals surface area contributed by atoms with E-state index < -0.39 is 0 Å². The third-order valence-electron chi connectivity index (χ3n) is 2.74. The monoisotopic (exact) mass is 254 g/mol. The molecule has 0 aliphatic carbocycles. The first-order chi connectivity index (χ1) is 7.83. The van der Waals surface area contributed by atoms with Crippen molar-refractivity contribution in [1.29, 1.82) is 0 Å². The zero-order valence-electron chi connectivity index (χ0n) is 11.5. The van der Waals surface area contributed by atoms with Crippen LogP contribution in [0.15, 0.2) is 18.2 Å². The minimum Gasteiger partial charge on any atom is -0.375 e. The molecule has 0 radical (unpaired) electrons. The lowest BCUT2D eigenvalue weighted by Gasteiger charge is -2.25. The largest absolute Gasteiger partial charge is 0.375 e. The molecule has 0 aliphatic heterocycles. The van der Waals surface area contributed by atoms with Gasteiger partial charge in [0.25, 0.3) is 0 Å². The highest BCUT2D eigenvalue weighted by atomic mass is 35.5. The van der Waals surface area contributed by atoms with Crippen LogP contribution < -0.4 is 10.2 Å². The summed E-state index contributed by atoms with van der Waals surface area (Å²) >= 11 is 6.07. The zero-order valence-corrected chi connectivity index (χ0v) is 12.2. The van der Waals surface area contributed by atoms with E-state index in [1.807, 2.05) is 12.1 Å². The third kappa shape index (κ3) is 4.57. The van der Waals surface area contributed by atoms with Crippen molar-refractivity contribution < 1.29 is 0 Å². The average Bonchev–Trinajstić information content (AvgIpc) is 2.24. The Balaban J connectivity index is 2.91. The van der Waals surface area contributed by atoms with Gasteiger partial charge in [-0.25, -0.2) is 0 Å². The predicted octanol–water partition coefficient (Wildman–Crippen LogP) is 3.68. The second-order valence-corrected chi connectivity index (χ2v) is 5.83. The molecule has 0 fully saturated rings. The number of hydrogen-bond donors (Lipinski definition) is 1. The lowest BCUT2D eigenvalue weighted by Crippen LogP contribution is -2.35. The first-order valence-electron chi connectivity index (χ1n) is 6.08. The molecule has 0 saturated heterocycles. The molecule has 0 unspecified atom stereocenters. The molecule has 0 atom stereocenters. The van der Waals surface area contributed by atoms with Crippen LogP contribution in [0.5, 0.6) is 0 Å². The fourth-order valence-electron chi connectivity index (χ4n) is 1.60. The zero-order chi connectivity index (χ0) is 13.1. The van der Waals surface area contributed by atoms with E-state index in [0.29, 0.717) is 0 Å². The Hall–Kier alpha value is -0.730. The lowest BCUT2D eigenvalue weighted by molar-refractivity contribution is 0.424. The quantitative estimate of drug-likeness (QED) is 0.882. The molecule has 1 N–H and O–H groups in total. The molecule has 0 saturated carbocycles. The molecule has 2 nitrogen and oxygen atoms in total. The third-order valence-corrected chi connectivity index (χ3v) is 2.97. The maximum absolute atomic E-state index is 6.07. The molecule has 1 rings (SSSR count). The van der Waals surface area contributed by atoms with Gasteiger partial charge in [-0.15, -0.1) is 0 Å². The van der Waals surface area contributed by atoms with Crippen LogP contribution in [0.2, 0.25) is 5.02 Å². The Morgan fingerprint density at radius 2 is 1.94 bits per heavy atom. The van der Waals surface area contributed by atoms with Gasteiger partial charge in [-0.05, 0) is 51.5 Å². The van der Waals surface area contributed by atoms with Gasteiger partial charge in [0.1, 0.15) is 0 Å². The smallest absolute Gasteiger partial charge is 0.0410 e. The number of anilines is 1. The Bertz CT molecular complexity index is 369. The number of nitrogens with one attached hydrogen (secondary N) is 1. The van der Waals surface area contributed by atoms with Gasteiger partial charge in [-0.2, -0.15) is 0 Å². The molecular formula is C14H23ClN2. The van der Waals surface area contributed by atoms with Gasteiger partial charge in [0.15, 0.2) is 0 Å². The Kier molecular flexibility index (Phi) is 4.84. The number of halogens is 1. The molecule has 3 heteroatoms. The van der Waals surface area contributed by atoms with Crippen LogP contribution in [0.3, 0.4) is 0 Å².